The Hall–Kier alpha value is -3.98. The molecule has 5 rings (SSSR count). The maximum Gasteiger partial charge on any atom is 0.356 e. The number of aryl methyl sites for hydroxylation is 1. The molecule has 0 bridgehead atoms. The van der Waals surface area contributed by atoms with Crippen LogP contribution in [0.1, 0.15) is 45.7 Å². The van der Waals surface area contributed by atoms with Gasteiger partial charge in [-0.05, 0) is 60.9 Å². The number of halogens is 2. The molecule has 4 heterocycles. The molecule has 0 fully saturated rings. The molecule has 0 saturated carbocycles. The van der Waals surface area contributed by atoms with Gasteiger partial charge in [-0.1, -0.05) is 17.7 Å². The summed E-state index contributed by atoms with van der Waals surface area (Å²) in [6.07, 6.45) is 1.71. The maximum atomic E-state index is 13.7. The highest BCUT2D eigenvalue weighted by atomic mass is 35.5. The summed E-state index contributed by atoms with van der Waals surface area (Å²) in [4.78, 5) is 35.4. The summed E-state index contributed by atoms with van der Waals surface area (Å²) in [5.41, 5.74) is 3.70. The van der Waals surface area contributed by atoms with Crippen molar-refractivity contribution in [2.75, 3.05) is 10.2 Å². The van der Waals surface area contributed by atoms with Gasteiger partial charge in [-0.25, -0.2) is 19.2 Å². The number of hydrogen-bond donors (Lipinski definition) is 2. The molecule has 0 unspecified atom stereocenters. The van der Waals surface area contributed by atoms with Crippen LogP contribution in [0.3, 0.4) is 0 Å². The fourth-order valence-corrected chi connectivity index (χ4v) is 4.54. The molecule has 10 heteroatoms. The number of benzene rings is 1. The van der Waals surface area contributed by atoms with E-state index >= 15 is 0 Å². The van der Waals surface area contributed by atoms with Gasteiger partial charge in [0.2, 0.25) is 0 Å². The fourth-order valence-electron chi connectivity index (χ4n) is 4.39. The lowest BCUT2D eigenvalue weighted by Crippen LogP contribution is -2.23. The molecule has 178 valence electrons. The second-order valence-corrected chi connectivity index (χ2v) is 8.98. The number of fused-ring (bicyclic) bond motifs is 2. The van der Waals surface area contributed by atoms with Crippen molar-refractivity contribution in [3.8, 4) is 0 Å². The lowest BCUT2D eigenvalue weighted by molar-refractivity contribution is 0.0691. The molecule has 0 amide bonds. The Balaban J connectivity index is 1.56. The van der Waals surface area contributed by atoms with Crippen LogP contribution in [-0.4, -0.2) is 25.4 Å². The van der Waals surface area contributed by atoms with E-state index in [9.17, 15) is 19.1 Å². The van der Waals surface area contributed by atoms with Gasteiger partial charge < -0.3 is 15.3 Å². The van der Waals surface area contributed by atoms with E-state index in [1.54, 1.807) is 18.3 Å². The van der Waals surface area contributed by atoms with E-state index in [-0.39, 0.29) is 22.2 Å². The molecule has 1 aromatic carbocycles. The third-order valence-corrected chi connectivity index (χ3v) is 6.24. The minimum atomic E-state index is -1.21. The lowest BCUT2D eigenvalue weighted by atomic mass is 10.1. The summed E-state index contributed by atoms with van der Waals surface area (Å²) in [5.74, 6) is -1.02. The van der Waals surface area contributed by atoms with E-state index in [2.05, 4.69) is 10.3 Å². The zero-order chi connectivity index (χ0) is 24.9. The van der Waals surface area contributed by atoms with Crippen LogP contribution in [-0.2, 0) is 13.1 Å². The Bertz CT molecular complexity index is 1550. The van der Waals surface area contributed by atoms with Gasteiger partial charge in [0.25, 0.3) is 5.56 Å². The lowest BCUT2D eigenvalue weighted by Gasteiger charge is -2.21. The molecule has 8 nitrogen and oxygen atoms in total. The number of nitrogens with zero attached hydrogens (tertiary/aromatic N) is 4. The highest BCUT2D eigenvalue weighted by molar-refractivity contribution is 6.29. The summed E-state index contributed by atoms with van der Waals surface area (Å²) in [7, 11) is 0. The number of pyridine rings is 2. The average Bonchev–Trinajstić information content (AvgIpc) is 3.23. The number of aromatic nitrogens is 3. The molecule has 4 aromatic rings. The van der Waals surface area contributed by atoms with Gasteiger partial charge in [0.15, 0.2) is 5.69 Å². The third-order valence-electron chi connectivity index (χ3n) is 6.03. The number of rotatable bonds is 5. The molecule has 2 N–H and O–H groups in total. The molecule has 0 saturated heterocycles. The van der Waals surface area contributed by atoms with Crippen LogP contribution in [0.2, 0.25) is 5.15 Å². The van der Waals surface area contributed by atoms with Crippen LogP contribution in [0.5, 0.6) is 0 Å². The van der Waals surface area contributed by atoms with Crippen molar-refractivity contribution in [1.29, 1.82) is 0 Å². The molecule has 1 atom stereocenters. The molecule has 0 radical (unpaired) electrons. The van der Waals surface area contributed by atoms with Crippen molar-refractivity contribution in [1.82, 2.24) is 14.4 Å². The monoisotopic (exact) mass is 493 g/mol. The number of carboxylic acids is 1. The first-order valence-corrected chi connectivity index (χ1v) is 11.3. The fraction of sp³-hybridized carbons (Fsp3) is 0.200. The number of aromatic carboxylic acids is 1. The molecule has 35 heavy (non-hydrogen) atoms. The van der Waals surface area contributed by atoms with Crippen LogP contribution in [0.25, 0.3) is 5.65 Å². The highest BCUT2D eigenvalue weighted by Gasteiger charge is 2.23. The van der Waals surface area contributed by atoms with Gasteiger partial charge in [-0.2, -0.15) is 0 Å². The second kappa shape index (κ2) is 8.66. The molecule has 0 aliphatic carbocycles. The number of anilines is 2. The normalized spacial score (nSPS) is 13.7. The summed E-state index contributed by atoms with van der Waals surface area (Å²) < 4.78 is 15.2. The van der Waals surface area contributed by atoms with Gasteiger partial charge in [0.05, 0.1) is 11.7 Å². The molecule has 1 aliphatic heterocycles. The van der Waals surface area contributed by atoms with Crippen molar-refractivity contribution >= 4 is 34.7 Å². The number of carbonyl (C=O) groups is 1. The molecular formula is C25H21ClFN5O3. The van der Waals surface area contributed by atoms with Gasteiger partial charge in [0.1, 0.15) is 22.4 Å². The second-order valence-electron chi connectivity index (χ2n) is 8.59. The minimum absolute atomic E-state index is 0.0750. The third kappa shape index (κ3) is 4.30. The van der Waals surface area contributed by atoms with Crippen molar-refractivity contribution in [3.63, 3.8) is 0 Å². The molecular weight excluding hydrogens is 473 g/mol. The first kappa shape index (κ1) is 22.8. The van der Waals surface area contributed by atoms with Gasteiger partial charge in [0, 0.05) is 30.9 Å². The Morgan fingerprint density at radius 2 is 1.91 bits per heavy atom. The Morgan fingerprint density at radius 1 is 1.14 bits per heavy atom. The van der Waals surface area contributed by atoms with E-state index in [1.165, 1.54) is 28.7 Å². The maximum absolute atomic E-state index is 13.7. The number of carboxylic acid groups (broad SMARTS) is 1. The summed E-state index contributed by atoms with van der Waals surface area (Å²) in [5, 5.41) is 12.8. The zero-order valence-electron chi connectivity index (χ0n) is 18.9. The first-order valence-electron chi connectivity index (χ1n) is 10.9. The Morgan fingerprint density at radius 3 is 2.69 bits per heavy atom. The predicted octanol–water partition coefficient (Wildman–Crippen LogP) is 4.58. The highest BCUT2D eigenvalue weighted by Crippen LogP contribution is 2.30. The minimum Gasteiger partial charge on any atom is -0.476 e. The van der Waals surface area contributed by atoms with E-state index in [0.717, 1.165) is 16.7 Å². The van der Waals surface area contributed by atoms with Crippen molar-refractivity contribution in [2.24, 2.45) is 0 Å². The van der Waals surface area contributed by atoms with Crippen molar-refractivity contribution in [3.05, 3.63) is 97.9 Å². The summed E-state index contributed by atoms with van der Waals surface area (Å²) >= 11 is 5.88. The Kier molecular flexibility index (Phi) is 5.64. The molecule has 1 aliphatic rings. The van der Waals surface area contributed by atoms with Crippen LogP contribution in [0, 0.1) is 12.7 Å². The summed E-state index contributed by atoms with van der Waals surface area (Å²) in [6.45, 7) is 4.69. The smallest absolute Gasteiger partial charge is 0.356 e. The van der Waals surface area contributed by atoms with E-state index in [4.69, 9.17) is 16.6 Å². The van der Waals surface area contributed by atoms with E-state index < -0.39 is 12.0 Å². The predicted molar refractivity (Wildman–Crippen MR) is 131 cm³/mol. The van der Waals surface area contributed by atoms with Gasteiger partial charge in [-0.15, -0.1) is 0 Å². The van der Waals surface area contributed by atoms with Crippen molar-refractivity contribution in [2.45, 2.75) is 33.0 Å². The van der Waals surface area contributed by atoms with Crippen LogP contribution < -0.4 is 15.8 Å². The number of hydrogen-bond acceptors (Lipinski definition) is 6. The topological polar surface area (TPSA) is 99.8 Å². The SMILES string of the molecule is Cc1cc([C@H](C)Nc2ccc(Cl)nc2C(=O)O)c2nc(N3Cc4ccc(F)cc4C3)cc(=O)n2c1. The molecule has 3 aromatic heterocycles. The van der Waals surface area contributed by atoms with E-state index in [0.29, 0.717) is 35.8 Å². The zero-order valence-corrected chi connectivity index (χ0v) is 19.7. The first-order chi connectivity index (χ1) is 16.7. The largest absolute Gasteiger partial charge is 0.476 e. The van der Waals surface area contributed by atoms with Crippen LogP contribution in [0.15, 0.2) is 53.5 Å². The quantitative estimate of drug-likeness (QED) is 0.392. The van der Waals surface area contributed by atoms with Crippen LogP contribution >= 0.6 is 11.6 Å². The van der Waals surface area contributed by atoms with Gasteiger partial charge in [-0.3, -0.25) is 9.20 Å². The van der Waals surface area contributed by atoms with Crippen molar-refractivity contribution < 1.29 is 14.3 Å². The molecule has 0 spiro atoms. The standard InChI is InChI=1S/C25H21ClFN5O3/c1-13-7-18(14(2)28-19-5-6-20(26)29-23(19)25(34)35)24-30-21(9-22(33)32(24)10-13)31-11-15-3-4-17(27)8-16(15)12-31/h3-10,14,28H,11-12H2,1-2H3,(H,34,35)/t14-/m0/s1. The van der Waals surface area contributed by atoms with Gasteiger partial charge >= 0.3 is 5.97 Å². The van der Waals surface area contributed by atoms with E-state index in [1.807, 2.05) is 24.8 Å². The Labute approximate surface area is 204 Å². The number of nitrogens with one attached hydrogen (secondary N) is 1. The average molecular weight is 494 g/mol. The summed E-state index contributed by atoms with van der Waals surface area (Å²) in [6, 6.07) is 10.7. The van der Waals surface area contributed by atoms with Crippen LogP contribution in [0.4, 0.5) is 15.9 Å².